The number of nitrogens with zero attached hydrogens (tertiary/aromatic N) is 2. The van der Waals surface area contributed by atoms with Crippen LogP contribution in [0, 0.1) is 5.82 Å². The van der Waals surface area contributed by atoms with Crippen molar-refractivity contribution in [1.29, 1.82) is 0 Å². The number of anilines is 1. The van der Waals surface area contributed by atoms with Crippen molar-refractivity contribution in [3.05, 3.63) is 58.8 Å². The second-order valence-electron chi connectivity index (χ2n) is 8.02. The number of imide groups is 1. The van der Waals surface area contributed by atoms with Crippen LogP contribution in [-0.2, 0) is 19.1 Å². The summed E-state index contributed by atoms with van der Waals surface area (Å²) in [6.45, 7) is 1.06. The molecule has 2 aliphatic heterocycles. The van der Waals surface area contributed by atoms with E-state index in [2.05, 4.69) is 5.32 Å². The molecule has 194 valence electrons. The first-order chi connectivity index (χ1) is 17.8. The number of carbonyl (C=O) groups is 4. The fraction of sp³-hybridized carbons (Fsp3) is 0.280. The van der Waals surface area contributed by atoms with Crippen molar-refractivity contribution in [1.82, 2.24) is 9.80 Å². The molecule has 12 heteroatoms. The molecule has 2 aliphatic rings. The first-order valence-corrected chi connectivity index (χ1v) is 12.1. The maximum absolute atomic E-state index is 13.0. The van der Waals surface area contributed by atoms with Gasteiger partial charge < -0.3 is 24.4 Å². The number of thioether (sulfide) groups is 1. The molecular formula is C25H24FN3O7S. The van der Waals surface area contributed by atoms with Crippen molar-refractivity contribution in [3.8, 4) is 11.5 Å². The predicted octanol–water partition coefficient (Wildman–Crippen LogP) is 2.75. The SMILES string of the molecule is COc1cc(/C=C2/SC(=O)N(CC(=O)N3CCOCC3)C2=O)ccc1OCC(=O)Nc1ccc(F)cc1. The number of benzene rings is 2. The normalized spacial score (nSPS) is 16.8. The molecule has 0 spiro atoms. The summed E-state index contributed by atoms with van der Waals surface area (Å²) in [4.78, 5) is 52.5. The molecule has 0 saturated carbocycles. The standard InChI is InChI=1S/C25H24FN3O7S/c1-34-20-12-16(2-7-19(20)36-15-22(30)27-18-5-3-17(26)4-6-18)13-21-24(32)29(25(33)37-21)14-23(31)28-8-10-35-11-9-28/h2-7,12-13H,8-11,14-15H2,1H3,(H,27,30)/b21-13+. The van der Waals surface area contributed by atoms with Crippen LogP contribution in [0.15, 0.2) is 47.4 Å². The van der Waals surface area contributed by atoms with Gasteiger partial charge in [0.2, 0.25) is 5.91 Å². The lowest BCUT2D eigenvalue weighted by molar-refractivity contribution is -0.139. The highest BCUT2D eigenvalue weighted by Crippen LogP contribution is 2.34. The molecule has 37 heavy (non-hydrogen) atoms. The zero-order valence-corrected chi connectivity index (χ0v) is 20.7. The number of amides is 4. The Morgan fingerprint density at radius 3 is 2.54 bits per heavy atom. The zero-order valence-electron chi connectivity index (χ0n) is 19.9. The van der Waals surface area contributed by atoms with Crippen LogP contribution >= 0.6 is 11.8 Å². The van der Waals surface area contributed by atoms with E-state index in [1.165, 1.54) is 37.5 Å². The molecular weight excluding hydrogens is 505 g/mol. The van der Waals surface area contributed by atoms with Crippen LogP contribution in [0.1, 0.15) is 5.56 Å². The number of morpholine rings is 1. The molecule has 1 N–H and O–H groups in total. The molecule has 0 bridgehead atoms. The van der Waals surface area contributed by atoms with Gasteiger partial charge in [-0.15, -0.1) is 0 Å². The van der Waals surface area contributed by atoms with Crippen LogP contribution < -0.4 is 14.8 Å². The van der Waals surface area contributed by atoms with E-state index in [0.717, 1.165) is 16.7 Å². The first kappa shape index (κ1) is 26.2. The quantitative estimate of drug-likeness (QED) is 0.520. The highest BCUT2D eigenvalue weighted by atomic mass is 32.2. The van der Waals surface area contributed by atoms with E-state index in [9.17, 15) is 23.6 Å². The van der Waals surface area contributed by atoms with Crippen LogP contribution in [0.25, 0.3) is 6.08 Å². The van der Waals surface area contributed by atoms with E-state index in [1.807, 2.05) is 0 Å². The maximum atomic E-state index is 13.0. The molecule has 2 heterocycles. The first-order valence-electron chi connectivity index (χ1n) is 11.3. The Morgan fingerprint density at radius 2 is 1.84 bits per heavy atom. The van der Waals surface area contributed by atoms with Crippen molar-refractivity contribution >= 4 is 46.5 Å². The summed E-state index contributed by atoms with van der Waals surface area (Å²) in [6.07, 6.45) is 1.53. The van der Waals surface area contributed by atoms with Crippen molar-refractivity contribution < 1.29 is 37.8 Å². The number of hydrogen-bond acceptors (Lipinski definition) is 8. The minimum Gasteiger partial charge on any atom is -0.493 e. The summed E-state index contributed by atoms with van der Waals surface area (Å²) in [5.74, 6) is -1.11. The van der Waals surface area contributed by atoms with Gasteiger partial charge in [-0.25, -0.2) is 4.39 Å². The Labute approximate surface area is 216 Å². The fourth-order valence-electron chi connectivity index (χ4n) is 3.60. The molecule has 2 fully saturated rings. The molecule has 0 unspecified atom stereocenters. The average Bonchev–Trinajstić information content (AvgIpc) is 3.16. The van der Waals surface area contributed by atoms with E-state index < -0.39 is 22.9 Å². The molecule has 2 aromatic rings. The lowest BCUT2D eigenvalue weighted by Gasteiger charge is -2.28. The largest absolute Gasteiger partial charge is 0.493 e. The predicted molar refractivity (Wildman–Crippen MR) is 134 cm³/mol. The lowest BCUT2D eigenvalue weighted by Crippen LogP contribution is -2.46. The van der Waals surface area contributed by atoms with Crippen LogP contribution in [0.3, 0.4) is 0 Å². The fourth-order valence-corrected chi connectivity index (χ4v) is 4.44. The minimum absolute atomic E-state index is 0.175. The molecule has 0 atom stereocenters. The van der Waals surface area contributed by atoms with Crippen LogP contribution in [0.5, 0.6) is 11.5 Å². The Morgan fingerprint density at radius 1 is 1.11 bits per heavy atom. The second-order valence-corrected chi connectivity index (χ2v) is 9.01. The van der Waals surface area contributed by atoms with E-state index >= 15 is 0 Å². The minimum atomic E-state index is -0.548. The molecule has 2 saturated heterocycles. The molecule has 0 aliphatic carbocycles. The smallest absolute Gasteiger partial charge is 0.294 e. The van der Waals surface area contributed by atoms with Gasteiger partial charge in [-0.05, 0) is 59.8 Å². The Kier molecular flexibility index (Phi) is 8.41. The highest BCUT2D eigenvalue weighted by molar-refractivity contribution is 8.18. The lowest BCUT2D eigenvalue weighted by atomic mass is 10.2. The van der Waals surface area contributed by atoms with Gasteiger partial charge >= 0.3 is 0 Å². The van der Waals surface area contributed by atoms with Gasteiger partial charge in [0.1, 0.15) is 12.4 Å². The maximum Gasteiger partial charge on any atom is 0.294 e. The Hall–Kier alpha value is -3.90. The Balaban J connectivity index is 1.38. The average molecular weight is 530 g/mol. The van der Waals surface area contributed by atoms with Gasteiger partial charge in [0.15, 0.2) is 18.1 Å². The molecule has 4 amide bonds. The summed E-state index contributed by atoms with van der Waals surface area (Å²) in [5, 5.41) is 2.08. The zero-order chi connectivity index (χ0) is 26.4. The van der Waals surface area contributed by atoms with Gasteiger partial charge in [0.05, 0.1) is 25.2 Å². The van der Waals surface area contributed by atoms with Gasteiger partial charge in [0, 0.05) is 18.8 Å². The van der Waals surface area contributed by atoms with Gasteiger partial charge in [-0.1, -0.05) is 6.07 Å². The highest BCUT2D eigenvalue weighted by Gasteiger charge is 2.37. The number of rotatable bonds is 8. The number of ether oxygens (including phenoxy) is 3. The number of carbonyl (C=O) groups excluding carboxylic acids is 4. The summed E-state index contributed by atoms with van der Waals surface area (Å²) >= 11 is 0.753. The summed E-state index contributed by atoms with van der Waals surface area (Å²) in [7, 11) is 1.43. The Bertz CT molecular complexity index is 1230. The van der Waals surface area contributed by atoms with Crippen LogP contribution in [0.4, 0.5) is 14.9 Å². The molecule has 10 nitrogen and oxygen atoms in total. The molecule has 2 aromatic carbocycles. The monoisotopic (exact) mass is 529 g/mol. The van der Waals surface area contributed by atoms with Gasteiger partial charge in [-0.3, -0.25) is 24.1 Å². The summed E-state index contributed by atoms with van der Waals surface area (Å²) in [6, 6.07) is 10.1. The van der Waals surface area contributed by atoms with Gasteiger partial charge in [0.25, 0.3) is 17.1 Å². The topological polar surface area (TPSA) is 114 Å². The number of hydrogen-bond donors (Lipinski definition) is 1. The second kappa shape index (κ2) is 11.9. The van der Waals surface area contributed by atoms with Crippen LogP contribution in [0.2, 0.25) is 0 Å². The summed E-state index contributed by atoms with van der Waals surface area (Å²) < 4.78 is 29.1. The van der Waals surface area contributed by atoms with E-state index in [0.29, 0.717) is 43.3 Å². The third kappa shape index (κ3) is 6.66. The van der Waals surface area contributed by atoms with Crippen molar-refractivity contribution in [2.75, 3.05) is 51.9 Å². The summed E-state index contributed by atoms with van der Waals surface area (Å²) in [5.41, 5.74) is 0.989. The van der Waals surface area contributed by atoms with Crippen LogP contribution in [-0.4, -0.2) is 79.3 Å². The molecule has 0 radical (unpaired) electrons. The van der Waals surface area contributed by atoms with E-state index in [1.54, 1.807) is 23.1 Å². The van der Waals surface area contributed by atoms with Crippen molar-refractivity contribution in [2.24, 2.45) is 0 Å². The van der Waals surface area contributed by atoms with Crippen molar-refractivity contribution in [2.45, 2.75) is 0 Å². The van der Waals surface area contributed by atoms with Gasteiger partial charge in [-0.2, -0.15) is 0 Å². The molecule has 0 aromatic heterocycles. The van der Waals surface area contributed by atoms with E-state index in [4.69, 9.17) is 14.2 Å². The number of nitrogens with one attached hydrogen (secondary N) is 1. The van der Waals surface area contributed by atoms with E-state index in [-0.39, 0.29) is 29.7 Å². The molecule has 4 rings (SSSR count). The number of halogens is 1. The third-order valence-corrected chi connectivity index (χ3v) is 6.41. The third-order valence-electron chi connectivity index (χ3n) is 5.50. The van der Waals surface area contributed by atoms with Crippen molar-refractivity contribution in [3.63, 3.8) is 0 Å². The number of methoxy groups -OCH3 is 1.